The minimum atomic E-state index is 0.238. The molecule has 5 heteroatoms. The summed E-state index contributed by atoms with van der Waals surface area (Å²) in [6, 6.07) is 10.6. The van der Waals surface area contributed by atoms with Gasteiger partial charge in [0.05, 0.1) is 10.6 Å². The molecule has 1 aromatic heterocycles. The monoisotopic (exact) mass is 278 g/mol. The molecule has 0 fully saturated rings. The summed E-state index contributed by atoms with van der Waals surface area (Å²) in [6.07, 6.45) is 1.56. The Kier molecular flexibility index (Phi) is 4.03. The van der Waals surface area contributed by atoms with Crippen molar-refractivity contribution in [2.45, 2.75) is 6.61 Å². The van der Waals surface area contributed by atoms with Gasteiger partial charge in [-0.05, 0) is 18.2 Å². The van der Waals surface area contributed by atoms with Crippen molar-refractivity contribution in [2.75, 3.05) is 0 Å². The molecule has 0 radical (unpaired) electrons. The van der Waals surface area contributed by atoms with Crippen LogP contribution in [0.3, 0.4) is 0 Å². The van der Waals surface area contributed by atoms with Gasteiger partial charge in [0, 0.05) is 11.8 Å². The van der Waals surface area contributed by atoms with E-state index in [1.807, 2.05) is 0 Å². The highest BCUT2D eigenvalue weighted by Gasteiger charge is 2.06. The number of pyridine rings is 1. The molecule has 0 saturated carbocycles. The number of benzene rings is 1. The van der Waals surface area contributed by atoms with Gasteiger partial charge in [-0.3, -0.25) is 0 Å². The van der Waals surface area contributed by atoms with Gasteiger partial charge in [0.15, 0.2) is 0 Å². The number of halogens is 2. The molecule has 2 aromatic rings. The minimum absolute atomic E-state index is 0.238. The van der Waals surface area contributed by atoms with Crippen LogP contribution in [0.1, 0.15) is 11.1 Å². The van der Waals surface area contributed by atoms with Crippen molar-refractivity contribution < 1.29 is 4.74 Å². The van der Waals surface area contributed by atoms with Crippen LogP contribution in [-0.2, 0) is 6.61 Å². The van der Waals surface area contributed by atoms with Crippen LogP contribution in [0.2, 0.25) is 10.2 Å². The molecule has 0 spiro atoms. The van der Waals surface area contributed by atoms with Gasteiger partial charge >= 0.3 is 0 Å². The molecule has 1 aromatic carbocycles. The van der Waals surface area contributed by atoms with Crippen LogP contribution < -0.4 is 4.74 Å². The Bertz CT molecular complexity index is 608. The summed E-state index contributed by atoms with van der Waals surface area (Å²) in [5.74, 6) is 0.519. The second-order valence-electron chi connectivity index (χ2n) is 3.50. The smallest absolute Gasteiger partial charge is 0.137 e. The Morgan fingerprint density at radius 3 is 2.78 bits per heavy atom. The van der Waals surface area contributed by atoms with Gasteiger partial charge in [0.25, 0.3) is 0 Å². The van der Waals surface area contributed by atoms with Gasteiger partial charge < -0.3 is 4.74 Å². The third kappa shape index (κ3) is 2.92. The Morgan fingerprint density at radius 1 is 1.28 bits per heavy atom. The van der Waals surface area contributed by atoms with E-state index in [9.17, 15) is 0 Å². The number of hydrogen-bond donors (Lipinski definition) is 0. The van der Waals surface area contributed by atoms with Crippen molar-refractivity contribution >= 4 is 23.2 Å². The van der Waals surface area contributed by atoms with Crippen molar-refractivity contribution in [3.63, 3.8) is 0 Å². The first-order chi connectivity index (χ1) is 8.70. The third-order valence-corrected chi connectivity index (χ3v) is 2.85. The fraction of sp³-hybridized carbons (Fsp3) is 0.0769. The first-order valence-electron chi connectivity index (χ1n) is 5.12. The fourth-order valence-electron chi connectivity index (χ4n) is 1.38. The van der Waals surface area contributed by atoms with Crippen molar-refractivity contribution in [2.24, 2.45) is 0 Å². The van der Waals surface area contributed by atoms with Gasteiger partial charge in [0.2, 0.25) is 0 Å². The standard InChI is InChI=1S/C13H8Cl2N2O/c14-11-5-13(15)17-7-10(11)8-18-12-4-2-1-3-9(12)6-16/h1-5,7H,8H2. The molecule has 0 N–H and O–H groups in total. The van der Waals surface area contributed by atoms with Crippen LogP contribution in [0.5, 0.6) is 5.75 Å². The van der Waals surface area contributed by atoms with Crippen molar-refractivity contribution in [3.05, 3.63) is 57.8 Å². The molecule has 0 aliphatic rings. The van der Waals surface area contributed by atoms with Gasteiger partial charge in [-0.2, -0.15) is 5.26 Å². The van der Waals surface area contributed by atoms with E-state index < -0.39 is 0 Å². The molecule has 0 bridgehead atoms. The SMILES string of the molecule is N#Cc1ccccc1OCc1cnc(Cl)cc1Cl. The number of hydrogen-bond acceptors (Lipinski definition) is 3. The zero-order valence-electron chi connectivity index (χ0n) is 9.23. The Hall–Kier alpha value is -1.76. The first kappa shape index (κ1) is 12.7. The molecule has 90 valence electrons. The summed E-state index contributed by atoms with van der Waals surface area (Å²) < 4.78 is 5.54. The highest BCUT2D eigenvalue weighted by atomic mass is 35.5. The van der Waals surface area contributed by atoms with Gasteiger partial charge in [-0.15, -0.1) is 0 Å². The third-order valence-electron chi connectivity index (χ3n) is 2.29. The second-order valence-corrected chi connectivity index (χ2v) is 4.29. The largest absolute Gasteiger partial charge is 0.487 e. The molecule has 0 amide bonds. The number of ether oxygens (including phenoxy) is 1. The molecule has 0 aliphatic carbocycles. The molecule has 3 nitrogen and oxygen atoms in total. The molecule has 0 atom stereocenters. The van der Waals surface area contributed by atoms with Crippen molar-refractivity contribution in [3.8, 4) is 11.8 Å². The van der Waals surface area contributed by atoms with Gasteiger partial charge in [-0.25, -0.2) is 4.98 Å². The van der Waals surface area contributed by atoms with Gasteiger partial charge in [-0.1, -0.05) is 35.3 Å². The summed E-state index contributed by atoms with van der Waals surface area (Å²) in [7, 11) is 0. The molecule has 0 saturated heterocycles. The fourth-order valence-corrected chi connectivity index (χ4v) is 1.80. The average Bonchev–Trinajstić information content (AvgIpc) is 2.38. The minimum Gasteiger partial charge on any atom is -0.487 e. The normalized spacial score (nSPS) is 9.83. The lowest BCUT2D eigenvalue weighted by Gasteiger charge is -2.08. The van der Waals surface area contributed by atoms with E-state index in [0.29, 0.717) is 27.1 Å². The number of para-hydroxylation sites is 1. The summed E-state index contributed by atoms with van der Waals surface area (Å²) in [6.45, 7) is 0.238. The average molecular weight is 279 g/mol. The summed E-state index contributed by atoms with van der Waals surface area (Å²) in [5.41, 5.74) is 1.20. The molecular weight excluding hydrogens is 271 g/mol. The van der Waals surface area contributed by atoms with Crippen LogP contribution in [0.25, 0.3) is 0 Å². The highest BCUT2D eigenvalue weighted by molar-refractivity contribution is 6.34. The number of nitriles is 1. The van der Waals surface area contributed by atoms with Crippen LogP contribution in [-0.4, -0.2) is 4.98 Å². The predicted octanol–water partition coefficient (Wildman–Crippen LogP) is 3.84. The topological polar surface area (TPSA) is 45.9 Å². The summed E-state index contributed by atoms with van der Waals surface area (Å²) in [4.78, 5) is 3.93. The number of aromatic nitrogens is 1. The Balaban J connectivity index is 2.14. The molecule has 0 unspecified atom stereocenters. The number of nitrogens with zero attached hydrogens (tertiary/aromatic N) is 2. The van der Waals surface area contributed by atoms with Crippen LogP contribution in [0.15, 0.2) is 36.5 Å². The van der Waals surface area contributed by atoms with Crippen molar-refractivity contribution in [1.29, 1.82) is 5.26 Å². The Morgan fingerprint density at radius 2 is 2.06 bits per heavy atom. The predicted molar refractivity (Wildman–Crippen MR) is 69.7 cm³/mol. The quantitative estimate of drug-likeness (QED) is 0.802. The first-order valence-corrected chi connectivity index (χ1v) is 5.88. The summed E-state index contributed by atoms with van der Waals surface area (Å²) >= 11 is 11.7. The molecular formula is C13H8Cl2N2O. The zero-order valence-corrected chi connectivity index (χ0v) is 10.7. The molecule has 0 aliphatic heterocycles. The lowest BCUT2D eigenvalue weighted by molar-refractivity contribution is 0.305. The highest BCUT2D eigenvalue weighted by Crippen LogP contribution is 2.22. The zero-order chi connectivity index (χ0) is 13.0. The molecule has 1 heterocycles. The van der Waals surface area contributed by atoms with E-state index in [0.717, 1.165) is 0 Å². The van der Waals surface area contributed by atoms with Gasteiger partial charge in [0.1, 0.15) is 23.6 Å². The van der Waals surface area contributed by atoms with E-state index in [-0.39, 0.29) is 6.61 Å². The molecule has 2 rings (SSSR count). The maximum atomic E-state index is 8.92. The van der Waals surface area contributed by atoms with E-state index in [1.54, 1.807) is 36.5 Å². The maximum Gasteiger partial charge on any atom is 0.137 e. The van der Waals surface area contributed by atoms with Crippen LogP contribution >= 0.6 is 23.2 Å². The molecule has 18 heavy (non-hydrogen) atoms. The van der Waals surface area contributed by atoms with E-state index in [1.165, 1.54) is 0 Å². The van der Waals surface area contributed by atoms with Crippen LogP contribution in [0, 0.1) is 11.3 Å². The number of rotatable bonds is 3. The van der Waals surface area contributed by atoms with E-state index in [2.05, 4.69) is 11.1 Å². The van der Waals surface area contributed by atoms with E-state index >= 15 is 0 Å². The summed E-state index contributed by atoms with van der Waals surface area (Å²) in [5, 5.41) is 9.75. The lowest BCUT2D eigenvalue weighted by Crippen LogP contribution is -1.98. The van der Waals surface area contributed by atoms with Crippen molar-refractivity contribution in [1.82, 2.24) is 4.98 Å². The maximum absolute atomic E-state index is 8.92. The lowest BCUT2D eigenvalue weighted by atomic mass is 10.2. The van der Waals surface area contributed by atoms with Crippen LogP contribution in [0.4, 0.5) is 0 Å². The van der Waals surface area contributed by atoms with E-state index in [4.69, 9.17) is 33.2 Å². The second kappa shape index (κ2) is 5.72. The Labute approximate surface area is 115 Å².